The van der Waals surface area contributed by atoms with E-state index in [0.29, 0.717) is 6.61 Å². The van der Waals surface area contributed by atoms with Crippen LogP contribution in [-0.4, -0.2) is 23.3 Å². The first-order chi connectivity index (χ1) is 5.92. The van der Waals surface area contributed by atoms with Gasteiger partial charge in [-0.2, -0.15) is 5.10 Å². The molecule has 0 aromatic carbocycles. The predicted molar refractivity (Wildman–Crippen MR) is 46.1 cm³/mol. The average molecular weight is 167 g/mol. The second-order valence-corrected chi connectivity index (χ2v) is 2.86. The van der Waals surface area contributed by atoms with Crippen molar-refractivity contribution in [2.75, 3.05) is 18.5 Å². The van der Waals surface area contributed by atoms with Crippen LogP contribution in [0, 0.1) is 0 Å². The molecule has 0 unspecified atom stereocenters. The molecule has 0 amide bonds. The minimum absolute atomic E-state index is 0.689. The number of aromatic amines is 1. The van der Waals surface area contributed by atoms with E-state index in [1.807, 2.05) is 0 Å². The zero-order chi connectivity index (χ0) is 8.39. The van der Waals surface area contributed by atoms with E-state index in [2.05, 4.69) is 22.4 Å². The number of H-pyrrole nitrogens is 1. The largest absolute Gasteiger partial charge is 0.376 e. The molecule has 4 nitrogen and oxygen atoms in total. The lowest BCUT2D eigenvalue weighted by atomic mass is 10.1. The molecule has 2 N–H and O–H groups in total. The Hall–Kier alpha value is -1.03. The summed E-state index contributed by atoms with van der Waals surface area (Å²) >= 11 is 0. The fourth-order valence-electron chi connectivity index (χ4n) is 1.43. The van der Waals surface area contributed by atoms with Crippen molar-refractivity contribution in [1.29, 1.82) is 0 Å². The molecule has 0 atom stereocenters. The Kier molecular flexibility index (Phi) is 1.99. The molecule has 4 heteroatoms. The lowest BCUT2D eigenvalue weighted by molar-refractivity contribution is 0.110. The van der Waals surface area contributed by atoms with E-state index in [9.17, 15) is 0 Å². The number of nitrogens with one attached hydrogen (secondary N) is 2. The van der Waals surface area contributed by atoms with Crippen molar-refractivity contribution < 1.29 is 4.74 Å². The topological polar surface area (TPSA) is 49.9 Å². The highest BCUT2D eigenvalue weighted by Gasteiger charge is 2.16. The quantitative estimate of drug-likeness (QED) is 0.688. The third-order valence-corrected chi connectivity index (χ3v) is 2.04. The van der Waals surface area contributed by atoms with E-state index in [-0.39, 0.29) is 0 Å². The number of hydrogen-bond acceptors (Lipinski definition) is 3. The molecule has 0 fully saturated rings. The first-order valence-corrected chi connectivity index (χ1v) is 4.29. The fraction of sp³-hybridized carbons (Fsp3) is 0.625. The molecule has 1 aliphatic heterocycles. The van der Waals surface area contributed by atoms with Crippen molar-refractivity contribution in [3.8, 4) is 0 Å². The van der Waals surface area contributed by atoms with Crippen molar-refractivity contribution >= 4 is 5.82 Å². The van der Waals surface area contributed by atoms with E-state index >= 15 is 0 Å². The number of ether oxygens (including phenoxy) is 1. The second-order valence-electron chi connectivity index (χ2n) is 2.86. The molecule has 12 heavy (non-hydrogen) atoms. The number of aromatic nitrogens is 2. The summed E-state index contributed by atoms with van der Waals surface area (Å²) in [5, 5.41) is 10.4. The number of rotatable bonds is 2. The van der Waals surface area contributed by atoms with Crippen molar-refractivity contribution in [3.63, 3.8) is 0 Å². The Labute approximate surface area is 71.3 Å². The molecule has 1 aromatic heterocycles. The maximum absolute atomic E-state index is 5.34. The Bertz CT molecular complexity index is 269. The van der Waals surface area contributed by atoms with Crippen LogP contribution in [0.3, 0.4) is 0 Å². The Balaban J connectivity index is 2.25. The molecule has 66 valence electrons. The summed E-state index contributed by atoms with van der Waals surface area (Å²) in [6.45, 7) is 4.46. The van der Waals surface area contributed by atoms with E-state index in [1.165, 1.54) is 11.3 Å². The number of anilines is 1. The van der Waals surface area contributed by atoms with E-state index in [1.54, 1.807) is 0 Å². The SMILES string of the molecule is CCNc1n[nH]c2c1COCC2. The Morgan fingerprint density at radius 1 is 1.67 bits per heavy atom. The highest BCUT2D eigenvalue weighted by molar-refractivity contribution is 5.46. The van der Waals surface area contributed by atoms with Gasteiger partial charge in [-0.15, -0.1) is 0 Å². The predicted octanol–water partition coefficient (Wildman–Crippen LogP) is 0.914. The second kappa shape index (κ2) is 3.15. The Morgan fingerprint density at radius 3 is 3.42 bits per heavy atom. The van der Waals surface area contributed by atoms with Gasteiger partial charge >= 0.3 is 0 Å². The van der Waals surface area contributed by atoms with Crippen LogP contribution in [0.4, 0.5) is 5.82 Å². The van der Waals surface area contributed by atoms with Gasteiger partial charge in [0.05, 0.1) is 13.2 Å². The number of fused-ring (bicyclic) bond motifs is 1. The van der Waals surface area contributed by atoms with Crippen molar-refractivity contribution in [1.82, 2.24) is 10.2 Å². The van der Waals surface area contributed by atoms with Crippen LogP contribution in [0.25, 0.3) is 0 Å². The molecule has 0 saturated carbocycles. The van der Waals surface area contributed by atoms with E-state index in [0.717, 1.165) is 25.4 Å². The molecular formula is C8H13N3O. The smallest absolute Gasteiger partial charge is 0.153 e. The van der Waals surface area contributed by atoms with Gasteiger partial charge in [-0.1, -0.05) is 0 Å². The number of hydrogen-bond donors (Lipinski definition) is 2. The summed E-state index contributed by atoms with van der Waals surface area (Å²) in [6, 6.07) is 0. The summed E-state index contributed by atoms with van der Waals surface area (Å²) in [5.41, 5.74) is 2.42. The first kappa shape index (κ1) is 7.61. The maximum atomic E-state index is 5.34. The van der Waals surface area contributed by atoms with Gasteiger partial charge in [0, 0.05) is 24.2 Å². The van der Waals surface area contributed by atoms with Gasteiger partial charge in [-0.05, 0) is 6.92 Å². The molecule has 0 radical (unpaired) electrons. The fourth-order valence-corrected chi connectivity index (χ4v) is 1.43. The highest BCUT2D eigenvalue weighted by Crippen LogP contribution is 2.21. The summed E-state index contributed by atoms with van der Waals surface area (Å²) in [5.74, 6) is 0.951. The Morgan fingerprint density at radius 2 is 2.58 bits per heavy atom. The van der Waals surface area contributed by atoms with E-state index < -0.39 is 0 Å². The monoisotopic (exact) mass is 167 g/mol. The molecule has 1 aliphatic rings. The third-order valence-electron chi connectivity index (χ3n) is 2.04. The zero-order valence-electron chi connectivity index (χ0n) is 7.18. The number of nitrogens with zero attached hydrogens (tertiary/aromatic N) is 1. The van der Waals surface area contributed by atoms with Crippen molar-refractivity contribution in [2.45, 2.75) is 20.0 Å². The van der Waals surface area contributed by atoms with Gasteiger partial charge < -0.3 is 10.1 Å². The summed E-state index contributed by atoms with van der Waals surface area (Å²) in [7, 11) is 0. The minimum Gasteiger partial charge on any atom is -0.376 e. The van der Waals surface area contributed by atoms with Gasteiger partial charge in [0.1, 0.15) is 0 Å². The molecular weight excluding hydrogens is 154 g/mol. The molecule has 2 rings (SSSR count). The van der Waals surface area contributed by atoms with Crippen LogP contribution >= 0.6 is 0 Å². The minimum atomic E-state index is 0.689. The van der Waals surface area contributed by atoms with Crippen LogP contribution in [0.1, 0.15) is 18.2 Å². The zero-order valence-corrected chi connectivity index (χ0v) is 7.18. The summed E-state index contributed by atoms with van der Waals surface area (Å²) in [4.78, 5) is 0. The lowest BCUT2D eigenvalue weighted by Gasteiger charge is -2.12. The van der Waals surface area contributed by atoms with Crippen LogP contribution in [0.15, 0.2) is 0 Å². The van der Waals surface area contributed by atoms with Crippen molar-refractivity contribution in [3.05, 3.63) is 11.3 Å². The third kappa shape index (κ3) is 1.18. The van der Waals surface area contributed by atoms with Gasteiger partial charge in [0.2, 0.25) is 0 Å². The van der Waals surface area contributed by atoms with Crippen molar-refractivity contribution in [2.24, 2.45) is 0 Å². The molecule has 2 heterocycles. The summed E-state index contributed by atoms with van der Waals surface area (Å²) < 4.78 is 5.34. The van der Waals surface area contributed by atoms with Gasteiger partial charge in [-0.25, -0.2) is 0 Å². The molecule has 0 spiro atoms. The summed E-state index contributed by atoms with van der Waals surface area (Å²) in [6.07, 6.45) is 0.952. The average Bonchev–Trinajstić information content (AvgIpc) is 2.50. The molecule has 0 aliphatic carbocycles. The standard InChI is InChI=1S/C8H13N3O/c1-2-9-8-6-5-12-4-3-7(6)10-11-8/h2-5H2,1H3,(H2,9,10,11). The molecule has 0 saturated heterocycles. The van der Waals surface area contributed by atoms with Crippen LogP contribution in [0.2, 0.25) is 0 Å². The maximum Gasteiger partial charge on any atom is 0.153 e. The normalized spacial score (nSPS) is 15.8. The molecule has 1 aromatic rings. The van der Waals surface area contributed by atoms with E-state index in [4.69, 9.17) is 4.74 Å². The molecule has 0 bridgehead atoms. The highest BCUT2D eigenvalue weighted by atomic mass is 16.5. The van der Waals surface area contributed by atoms with Crippen LogP contribution < -0.4 is 5.32 Å². The first-order valence-electron chi connectivity index (χ1n) is 4.29. The van der Waals surface area contributed by atoms with Gasteiger partial charge in [0.25, 0.3) is 0 Å². The van der Waals surface area contributed by atoms with Gasteiger partial charge in [-0.3, -0.25) is 5.10 Å². The van der Waals surface area contributed by atoms with Crippen LogP contribution in [-0.2, 0) is 17.8 Å². The lowest BCUT2D eigenvalue weighted by Crippen LogP contribution is -2.10. The van der Waals surface area contributed by atoms with Gasteiger partial charge in [0.15, 0.2) is 5.82 Å². The van der Waals surface area contributed by atoms with Crippen LogP contribution in [0.5, 0.6) is 0 Å².